The summed E-state index contributed by atoms with van der Waals surface area (Å²) in [6, 6.07) is 12.3. The molecule has 4 rings (SSSR count). The van der Waals surface area contributed by atoms with E-state index >= 15 is 0 Å². The third-order valence-corrected chi connectivity index (χ3v) is 5.73. The van der Waals surface area contributed by atoms with Crippen molar-refractivity contribution in [2.24, 2.45) is 5.92 Å². The Morgan fingerprint density at radius 2 is 1.88 bits per heavy atom. The number of nitro groups is 1. The molecule has 2 aromatic rings. The van der Waals surface area contributed by atoms with Gasteiger partial charge >= 0.3 is 0 Å². The van der Waals surface area contributed by atoms with Crippen LogP contribution in [0, 0.1) is 23.0 Å². The summed E-state index contributed by atoms with van der Waals surface area (Å²) >= 11 is 0. The summed E-state index contributed by atoms with van der Waals surface area (Å²) in [7, 11) is 4.06. The SMILES string of the molecule is Cc1c([N+](=O)[O-])ccc2c1NC(c1ccc(N(C)C)cc1)C1CC=CC21. The van der Waals surface area contributed by atoms with Crippen LogP contribution in [0.1, 0.15) is 35.1 Å². The van der Waals surface area contributed by atoms with Crippen LogP contribution in [-0.2, 0) is 0 Å². The quantitative estimate of drug-likeness (QED) is 0.491. The average molecular weight is 349 g/mol. The summed E-state index contributed by atoms with van der Waals surface area (Å²) in [5, 5.41) is 15.0. The summed E-state index contributed by atoms with van der Waals surface area (Å²) in [6.45, 7) is 1.84. The Kier molecular flexibility index (Phi) is 3.94. The number of rotatable bonds is 3. The van der Waals surface area contributed by atoms with Gasteiger partial charge in [-0.25, -0.2) is 0 Å². The molecule has 2 aliphatic rings. The Balaban J connectivity index is 1.77. The predicted molar refractivity (Wildman–Crippen MR) is 105 cm³/mol. The first-order chi connectivity index (χ1) is 12.5. The van der Waals surface area contributed by atoms with Gasteiger partial charge in [0.05, 0.1) is 16.5 Å². The van der Waals surface area contributed by atoms with Crippen LogP contribution in [0.2, 0.25) is 0 Å². The minimum atomic E-state index is -0.297. The summed E-state index contributed by atoms with van der Waals surface area (Å²) in [4.78, 5) is 13.1. The van der Waals surface area contributed by atoms with Gasteiger partial charge in [-0.1, -0.05) is 24.3 Å². The molecule has 5 nitrogen and oxygen atoms in total. The number of anilines is 2. The molecule has 0 saturated heterocycles. The van der Waals surface area contributed by atoms with Gasteiger partial charge in [0.15, 0.2) is 0 Å². The van der Waals surface area contributed by atoms with Gasteiger partial charge in [0.1, 0.15) is 0 Å². The van der Waals surface area contributed by atoms with Crippen LogP contribution >= 0.6 is 0 Å². The first-order valence-electron chi connectivity index (χ1n) is 8.95. The van der Waals surface area contributed by atoms with Crippen molar-refractivity contribution in [1.29, 1.82) is 0 Å². The molecule has 3 unspecified atom stereocenters. The highest BCUT2D eigenvalue weighted by atomic mass is 16.6. The van der Waals surface area contributed by atoms with E-state index in [9.17, 15) is 10.1 Å². The van der Waals surface area contributed by atoms with E-state index in [0.29, 0.717) is 11.8 Å². The Hall–Kier alpha value is -2.82. The zero-order valence-electron chi connectivity index (χ0n) is 15.3. The summed E-state index contributed by atoms with van der Waals surface area (Å²) < 4.78 is 0. The number of nitrogens with zero attached hydrogens (tertiary/aromatic N) is 2. The largest absolute Gasteiger partial charge is 0.378 e. The first kappa shape index (κ1) is 16.6. The van der Waals surface area contributed by atoms with Crippen molar-refractivity contribution < 1.29 is 4.92 Å². The van der Waals surface area contributed by atoms with Crippen LogP contribution in [0.4, 0.5) is 17.1 Å². The number of hydrogen-bond acceptors (Lipinski definition) is 4. The number of hydrogen-bond donors (Lipinski definition) is 1. The number of nitro benzene ring substituents is 1. The van der Waals surface area contributed by atoms with Crippen molar-refractivity contribution in [3.8, 4) is 0 Å². The van der Waals surface area contributed by atoms with E-state index < -0.39 is 0 Å². The van der Waals surface area contributed by atoms with Gasteiger partial charge in [0.25, 0.3) is 5.69 Å². The fourth-order valence-corrected chi connectivity index (χ4v) is 4.31. The van der Waals surface area contributed by atoms with Gasteiger partial charge in [-0.15, -0.1) is 0 Å². The van der Waals surface area contributed by atoms with Crippen LogP contribution in [0.5, 0.6) is 0 Å². The van der Waals surface area contributed by atoms with Crippen LogP contribution in [-0.4, -0.2) is 19.0 Å². The normalized spacial score (nSPS) is 23.1. The Morgan fingerprint density at radius 3 is 2.54 bits per heavy atom. The van der Waals surface area contributed by atoms with Crippen LogP contribution < -0.4 is 10.2 Å². The number of nitrogens with one attached hydrogen (secondary N) is 1. The highest BCUT2D eigenvalue weighted by molar-refractivity contribution is 5.69. The summed E-state index contributed by atoms with van der Waals surface area (Å²) in [6.07, 6.45) is 5.52. The van der Waals surface area contributed by atoms with E-state index in [4.69, 9.17) is 0 Å². The second-order valence-electron chi connectivity index (χ2n) is 7.39. The van der Waals surface area contributed by atoms with E-state index in [2.05, 4.69) is 46.6 Å². The molecule has 3 atom stereocenters. The molecule has 5 heteroatoms. The molecule has 0 amide bonds. The maximum atomic E-state index is 11.3. The molecule has 1 aliphatic carbocycles. The molecule has 0 saturated carbocycles. The summed E-state index contributed by atoms with van der Waals surface area (Å²) in [5.41, 5.74) is 5.39. The molecular weight excluding hydrogens is 326 g/mol. The fourth-order valence-electron chi connectivity index (χ4n) is 4.31. The minimum Gasteiger partial charge on any atom is -0.378 e. The number of benzene rings is 2. The molecule has 1 N–H and O–H groups in total. The Bertz CT molecular complexity index is 887. The Morgan fingerprint density at radius 1 is 1.15 bits per heavy atom. The third kappa shape index (κ3) is 2.55. The Labute approximate surface area is 153 Å². The molecule has 1 aliphatic heterocycles. The second kappa shape index (κ2) is 6.16. The van der Waals surface area contributed by atoms with Gasteiger partial charge in [0, 0.05) is 37.5 Å². The highest BCUT2D eigenvalue weighted by Gasteiger charge is 2.39. The smallest absolute Gasteiger partial charge is 0.274 e. The molecule has 134 valence electrons. The van der Waals surface area contributed by atoms with Crippen molar-refractivity contribution in [1.82, 2.24) is 0 Å². The van der Waals surface area contributed by atoms with Crippen LogP contribution in [0.15, 0.2) is 48.6 Å². The maximum absolute atomic E-state index is 11.3. The van der Waals surface area contributed by atoms with Crippen molar-refractivity contribution in [3.05, 3.63) is 75.4 Å². The standard InChI is InChI=1S/C21H23N3O2/c1-13-19(24(25)26)12-11-18-16-5-4-6-17(16)21(22-20(13)18)14-7-9-15(10-8-14)23(2)3/h4-5,7-12,16-17,21-22H,6H2,1-3H3. The second-order valence-corrected chi connectivity index (χ2v) is 7.39. The molecule has 26 heavy (non-hydrogen) atoms. The van der Waals surface area contributed by atoms with Gasteiger partial charge in [0.2, 0.25) is 0 Å². The van der Waals surface area contributed by atoms with E-state index in [1.807, 2.05) is 27.1 Å². The number of fused-ring (bicyclic) bond motifs is 3. The fraction of sp³-hybridized carbons (Fsp3) is 0.333. The minimum absolute atomic E-state index is 0.152. The topological polar surface area (TPSA) is 58.4 Å². The number of allylic oxidation sites excluding steroid dienone is 2. The predicted octanol–water partition coefficient (Wildman–Crippen LogP) is 4.80. The zero-order chi connectivity index (χ0) is 18.4. The molecule has 2 aromatic carbocycles. The molecule has 0 aromatic heterocycles. The van der Waals surface area contributed by atoms with Crippen molar-refractivity contribution in [2.75, 3.05) is 24.3 Å². The molecule has 0 spiro atoms. The monoisotopic (exact) mass is 349 g/mol. The van der Waals surface area contributed by atoms with E-state index in [1.165, 1.54) is 11.1 Å². The average Bonchev–Trinajstić information content (AvgIpc) is 3.11. The van der Waals surface area contributed by atoms with Crippen LogP contribution in [0.25, 0.3) is 0 Å². The van der Waals surface area contributed by atoms with Crippen molar-refractivity contribution in [2.45, 2.75) is 25.3 Å². The van der Waals surface area contributed by atoms with E-state index in [1.54, 1.807) is 6.07 Å². The first-order valence-corrected chi connectivity index (χ1v) is 8.95. The summed E-state index contributed by atoms with van der Waals surface area (Å²) in [5.74, 6) is 0.748. The van der Waals surface area contributed by atoms with E-state index in [-0.39, 0.29) is 16.7 Å². The van der Waals surface area contributed by atoms with Crippen molar-refractivity contribution >= 4 is 17.1 Å². The lowest BCUT2D eigenvalue weighted by Crippen LogP contribution is -2.29. The lowest BCUT2D eigenvalue weighted by Gasteiger charge is -2.38. The molecular formula is C21H23N3O2. The highest BCUT2D eigenvalue weighted by Crippen LogP contribution is 2.51. The molecule has 1 heterocycles. The molecule has 0 bridgehead atoms. The van der Waals surface area contributed by atoms with Gasteiger partial charge < -0.3 is 10.2 Å². The van der Waals surface area contributed by atoms with Crippen LogP contribution in [0.3, 0.4) is 0 Å². The molecule has 0 fully saturated rings. The maximum Gasteiger partial charge on any atom is 0.274 e. The molecule has 0 radical (unpaired) electrons. The van der Waals surface area contributed by atoms with Gasteiger partial charge in [-0.2, -0.15) is 0 Å². The lowest BCUT2D eigenvalue weighted by molar-refractivity contribution is -0.385. The van der Waals surface area contributed by atoms with E-state index in [0.717, 1.165) is 23.4 Å². The van der Waals surface area contributed by atoms with Gasteiger partial charge in [-0.05, 0) is 48.6 Å². The third-order valence-electron chi connectivity index (χ3n) is 5.73. The van der Waals surface area contributed by atoms with Crippen molar-refractivity contribution in [3.63, 3.8) is 0 Å². The zero-order valence-corrected chi connectivity index (χ0v) is 15.3. The lowest BCUT2D eigenvalue weighted by atomic mass is 9.76. The van der Waals surface area contributed by atoms with Gasteiger partial charge in [-0.3, -0.25) is 10.1 Å².